The number of carbonyl (C=O) groups excluding carboxylic acids is 1. The van der Waals surface area contributed by atoms with Crippen LogP contribution in [0.4, 0.5) is 0 Å². The Kier molecular flexibility index (Phi) is 4.64. The number of rotatable bonds is 4. The summed E-state index contributed by atoms with van der Waals surface area (Å²) in [5, 5.41) is 0. The predicted molar refractivity (Wildman–Crippen MR) is 84.0 cm³/mol. The van der Waals surface area contributed by atoms with Crippen molar-refractivity contribution in [2.24, 2.45) is 11.3 Å². The molecule has 2 heteroatoms. The fourth-order valence-electron chi connectivity index (χ4n) is 3.16. The lowest BCUT2D eigenvalue weighted by Crippen LogP contribution is -2.47. The third-order valence-corrected chi connectivity index (χ3v) is 4.50. The monoisotopic (exact) mass is 273 g/mol. The molecule has 0 aromatic heterocycles. The van der Waals surface area contributed by atoms with E-state index >= 15 is 0 Å². The van der Waals surface area contributed by atoms with Gasteiger partial charge < -0.3 is 0 Å². The minimum absolute atomic E-state index is 0.253. The summed E-state index contributed by atoms with van der Waals surface area (Å²) < 4.78 is 0. The van der Waals surface area contributed by atoms with Crippen LogP contribution in [-0.4, -0.2) is 29.8 Å². The number of carbonyl (C=O) groups is 1. The number of hydrogen-bond acceptors (Lipinski definition) is 2. The van der Waals surface area contributed by atoms with Crippen molar-refractivity contribution in [3.63, 3.8) is 0 Å². The second kappa shape index (κ2) is 6.09. The largest absolute Gasteiger partial charge is 0.299 e. The summed E-state index contributed by atoms with van der Waals surface area (Å²) in [5.74, 6) is 0.998. The molecule has 1 saturated heterocycles. The molecule has 0 N–H and O–H groups in total. The van der Waals surface area contributed by atoms with Crippen molar-refractivity contribution < 1.29 is 4.79 Å². The van der Waals surface area contributed by atoms with Gasteiger partial charge in [-0.15, -0.1) is 0 Å². The van der Waals surface area contributed by atoms with Crippen LogP contribution in [0.2, 0.25) is 0 Å². The molecule has 20 heavy (non-hydrogen) atoms. The van der Waals surface area contributed by atoms with Gasteiger partial charge in [0.1, 0.15) is 0 Å². The number of hydrogen-bond donors (Lipinski definition) is 0. The SMILES string of the molecule is CC1CCC(C)N(CC(C)(C)C(=O)c2ccccc2)C1. The van der Waals surface area contributed by atoms with Crippen LogP contribution in [0.25, 0.3) is 0 Å². The van der Waals surface area contributed by atoms with Gasteiger partial charge in [-0.1, -0.05) is 51.1 Å². The van der Waals surface area contributed by atoms with Crippen molar-refractivity contribution in [2.75, 3.05) is 13.1 Å². The summed E-state index contributed by atoms with van der Waals surface area (Å²) >= 11 is 0. The highest BCUT2D eigenvalue weighted by Gasteiger charge is 2.34. The van der Waals surface area contributed by atoms with Gasteiger partial charge in [-0.3, -0.25) is 9.69 Å². The Hall–Kier alpha value is -1.15. The van der Waals surface area contributed by atoms with Gasteiger partial charge in [-0.05, 0) is 25.7 Å². The lowest BCUT2D eigenvalue weighted by atomic mass is 9.82. The Morgan fingerprint density at radius 1 is 1.20 bits per heavy atom. The van der Waals surface area contributed by atoms with Crippen molar-refractivity contribution in [1.82, 2.24) is 4.90 Å². The van der Waals surface area contributed by atoms with Gasteiger partial charge in [-0.2, -0.15) is 0 Å². The summed E-state index contributed by atoms with van der Waals surface area (Å²) in [6.45, 7) is 10.7. The zero-order valence-electron chi connectivity index (χ0n) is 13.2. The fraction of sp³-hybridized carbons (Fsp3) is 0.611. The topological polar surface area (TPSA) is 20.3 Å². The first-order valence-corrected chi connectivity index (χ1v) is 7.74. The van der Waals surface area contributed by atoms with Gasteiger partial charge in [0.2, 0.25) is 0 Å². The molecule has 0 aliphatic carbocycles. The minimum Gasteiger partial charge on any atom is -0.299 e. The van der Waals surface area contributed by atoms with Crippen LogP contribution in [0.5, 0.6) is 0 Å². The van der Waals surface area contributed by atoms with Crippen molar-refractivity contribution >= 4 is 5.78 Å². The molecule has 1 fully saturated rings. The highest BCUT2D eigenvalue weighted by molar-refractivity contribution is 6.00. The maximum atomic E-state index is 12.7. The van der Waals surface area contributed by atoms with E-state index in [0.717, 1.165) is 24.6 Å². The second-order valence-electron chi connectivity index (χ2n) is 7.04. The Balaban J connectivity index is 2.08. The van der Waals surface area contributed by atoms with Gasteiger partial charge in [0.15, 0.2) is 5.78 Å². The molecule has 2 nitrogen and oxygen atoms in total. The van der Waals surface area contributed by atoms with Crippen molar-refractivity contribution in [1.29, 1.82) is 0 Å². The van der Waals surface area contributed by atoms with E-state index < -0.39 is 0 Å². The Morgan fingerprint density at radius 3 is 2.50 bits per heavy atom. The average Bonchev–Trinajstić information content (AvgIpc) is 2.43. The van der Waals surface area contributed by atoms with Crippen LogP contribution in [-0.2, 0) is 0 Å². The molecule has 0 amide bonds. The molecular formula is C18H27NO. The molecule has 0 saturated carbocycles. The zero-order valence-corrected chi connectivity index (χ0v) is 13.2. The summed E-state index contributed by atoms with van der Waals surface area (Å²) in [7, 11) is 0. The molecule has 1 aromatic rings. The number of nitrogens with zero attached hydrogens (tertiary/aromatic N) is 1. The maximum Gasteiger partial charge on any atom is 0.169 e. The smallest absolute Gasteiger partial charge is 0.169 e. The molecule has 110 valence electrons. The van der Waals surface area contributed by atoms with Crippen LogP contribution in [0.15, 0.2) is 30.3 Å². The molecule has 0 bridgehead atoms. The van der Waals surface area contributed by atoms with E-state index in [2.05, 4.69) is 32.6 Å². The van der Waals surface area contributed by atoms with Crippen molar-refractivity contribution in [3.8, 4) is 0 Å². The number of benzene rings is 1. The van der Waals surface area contributed by atoms with E-state index in [1.807, 2.05) is 30.3 Å². The van der Waals surface area contributed by atoms with Crippen molar-refractivity contribution in [2.45, 2.75) is 46.6 Å². The first-order valence-electron chi connectivity index (χ1n) is 7.74. The summed E-state index contributed by atoms with van der Waals surface area (Å²) in [5.41, 5.74) is 0.502. The van der Waals surface area contributed by atoms with Crippen LogP contribution in [0, 0.1) is 11.3 Å². The quantitative estimate of drug-likeness (QED) is 0.772. The molecule has 2 unspecified atom stereocenters. The van der Waals surface area contributed by atoms with E-state index in [0.29, 0.717) is 6.04 Å². The molecular weight excluding hydrogens is 246 g/mol. The van der Waals surface area contributed by atoms with E-state index in [9.17, 15) is 4.79 Å². The normalized spacial score (nSPS) is 24.6. The van der Waals surface area contributed by atoms with Crippen LogP contribution >= 0.6 is 0 Å². The fourth-order valence-corrected chi connectivity index (χ4v) is 3.16. The predicted octanol–water partition coefficient (Wildman–Crippen LogP) is 4.02. The van der Waals surface area contributed by atoms with E-state index in [1.165, 1.54) is 12.8 Å². The molecule has 1 aliphatic heterocycles. The molecule has 1 aliphatic rings. The van der Waals surface area contributed by atoms with E-state index in [1.54, 1.807) is 0 Å². The van der Waals surface area contributed by atoms with Gasteiger partial charge in [0, 0.05) is 30.1 Å². The summed E-state index contributed by atoms with van der Waals surface area (Å²) in [4.78, 5) is 15.2. The lowest BCUT2D eigenvalue weighted by Gasteiger charge is -2.40. The lowest BCUT2D eigenvalue weighted by molar-refractivity contribution is 0.0593. The van der Waals surface area contributed by atoms with Gasteiger partial charge in [-0.25, -0.2) is 0 Å². The molecule has 2 rings (SSSR count). The van der Waals surface area contributed by atoms with Gasteiger partial charge in [0.25, 0.3) is 0 Å². The van der Waals surface area contributed by atoms with E-state index in [4.69, 9.17) is 0 Å². The standard InChI is InChI=1S/C18H27NO/c1-14-10-11-15(2)19(12-14)13-18(3,4)17(20)16-8-6-5-7-9-16/h5-9,14-15H,10-13H2,1-4H3. The van der Waals surface area contributed by atoms with Crippen LogP contribution < -0.4 is 0 Å². The first-order chi connectivity index (χ1) is 9.40. The van der Waals surface area contributed by atoms with E-state index in [-0.39, 0.29) is 11.2 Å². The molecule has 0 spiro atoms. The maximum absolute atomic E-state index is 12.7. The Labute approximate surface area is 123 Å². The molecule has 1 heterocycles. The first kappa shape index (κ1) is 15.2. The average molecular weight is 273 g/mol. The zero-order chi connectivity index (χ0) is 14.8. The number of likely N-dealkylation sites (tertiary alicyclic amines) is 1. The summed E-state index contributed by atoms with van der Waals surface area (Å²) in [6, 6.07) is 10.3. The van der Waals surface area contributed by atoms with Crippen LogP contribution in [0.3, 0.4) is 0 Å². The Bertz CT molecular complexity index is 452. The molecule has 2 atom stereocenters. The molecule has 1 aromatic carbocycles. The molecule has 0 radical (unpaired) electrons. The number of ketones is 1. The highest BCUT2D eigenvalue weighted by Crippen LogP contribution is 2.28. The third kappa shape index (κ3) is 3.49. The van der Waals surface area contributed by atoms with Gasteiger partial charge in [0.05, 0.1) is 0 Å². The number of Topliss-reactive ketones (excluding diaryl/α,β-unsaturated/α-hetero) is 1. The highest BCUT2D eigenvalue weighted by atomic mass is 16.1. The second-order valence-corrected chi connectivity index (χ2v) is 7.04. The Morgan fingerprint density at radius 2 is 1.85 bits per heavy atom. The summed E-state index contributed by atoms with van der Waals surface area (Å²) in [6.07, 6.45) is 2.56. The van der Waals surface area contributed by atoms with Crippen molar-refractivity contribution in [3.05, 3.63) is 35.9 Å². The third-order valence-electron chi connectivity index (χ3n) is 4.50. The minimum atomic E-state index is -0.327. The van der Waals surface area contributed by atoms with Gasteiger partial charge >= 0.3 is 0 Å². The number of piperidine rings is 1. The van der Waals surface area contributed by atoms with Crippen LogP contribution in [0.1, 0.15) is 50.9 Å².